The lowest BCUT2D eigenvalue weighted by molar-refractivity contribution is 0.628. The average molecular weight is 253 g/mol. The molecule has 0 amide bonds. The van der Waals surface area contributed by atoms with Gasteiger partial charge in [0.1, 0.15) is 5.82 Å². The lowest BCUT2D eigenvalue weighted by Crippen LogP contribution is -2.13. The fraction of sp³-hybridized carbons (Fsp3) is 0.182. The van der Waals surface area contributed by atoms with Crippen LogP contribution in [0.1, 0.15) is 0 Å². The Labute approximate surface area is 103 Å². The third-order valence-corrected chi connectivity index (χ3v) is 2.27. The minimum atomic E-state index is -0.304. The van der Waals surface area contributed by atoms with Gasteiger partial charge in [0.15, 0.2) is 5.82 Å². The van der Waals surface area contributed by atoms with E-state index >= 15 is 0 Å². The molecule has 17 heavy (non-hydrogen) atoms. The predicted octanol–water partition coefficient (Wildman–Crippen LogP) is 2.40. The monoisotopic (exact) mass is 252 g/mol. The highest BCUT2D eigenvalue weighted by atomic mass is 35.5. The molecule has 0 unspecified atom stereocenters. The second kappa shape index (κ2) is 4.63. The van der Waals surface area contributed by atoms with Crippen LogP contribution in [0.2, 0.25) is 5.28 Å². The Morgan fingerprint density at radius 3 is 2.29 bits per heavy atom. The molecule has 2 aromatic rings. The fourth-order valence-electron chi connectivity index (χ4n) is 1.27. The summed E-state index contributed by atoms with van der Waals surface area (Å²) in [6.45, 7) is 0. The molecule has 0 aliphatic heterocycles. The molecular weight excluding hydrogens is 243 g/mol. The average Bonchev–Trinajstić information content (AvgIpc) is 2.29. The summed E-state index contributed by atoms with van der Waals surface area (Å²) in [5, 5.41) is 0.114. The van der Waals surface area contributed by atoms with Crippen LogP contribution in [-0.4, -0.2) is 29.0 Å². The Bertz CT molecular complexity index is 527. The van der Waals surface area contributed by atoms with E-state index in [1.807, 2.05) is 0 Å². The standard InChI is InChI=1S/C11H10ClFN4/c1-17(2)11-15-9(14-10(12)16-11)7-3-5-8(13)6-4-7/h3-6H,1-2H3. The normalized spacial score (nSPS) is 10.4. The number of anilines is 1. The zero-order chi connectivity index (χ0) is 12.4. The van der Waals surface area contributed by atoms with Gasteiger partial charge < -0.3 is 4.90 Å². The van der Waals surface area contributed by atoms with Crippen molar-refractivity contribution in [3.05, 3.63) is 35.4 Å². The van der Waals surface area contributed by atoms with Crippen LogP contribution >= 0.6 is 11.6 Å². The van der Waals surface area contributed by atoms with Crippen LogP contribution in [0.4, 0.5) is 10.3 Å². The molecule has 2 rings (SSSR count). The predicted molar refractivity (Wildman–Crippen MR) is 64.6 cm³/mol. The number of benzene rings is 1. The quantitative estimate of drug-likeness (QED) is 0.823. The van der Waals surface area contributed by atoms with Gasteiger partial charge in [-0.1, -0.05) is 0 Å². The van der Waals surface area contributed by atoms with E-state index in [4.69, 9.17) is 11.6 Å². The maximum Gasteiger partial charge on any atom is 0.229 e. The maximum atomic E-state index is 12.8. The number of aromatic nitrogens is 3. The lowest BCUT2D eigenvalue weighted by atomic mass is 10.2. The van der Waals surface area contributed by atoms with Gasteiger partial charge in [-0.3, -0.25) is 0 Å². The SMILES string of the molecule is CN(C)c1nc(Cl)nc(-c2ccc(F)cc2)n1. The van der Waals surface area contributed by atoms with E-state index in [0.29, 0.717) is 17.3 Å². The summed E-state index contributed by atoms with van der Waals surface area (Å²) in [6, 6.07) is 5.89. The molecule has 0 aliphatic carbocycles. The molecule has 88 valence electrons. The molecule has 0 N–H and O–H groups in total. The summed E-state index contributed by atoms with van der Waals surface area (Å²) < 4.78 is 12.8. The smallest absolute Gasteiger partial charge is 0.229 e. The molecule has 0 saturated carbocycles. The van der Waals surface area contributed by atoms with E-state index in [-0.39, 0.29) is 11.1 Å². The molecule has 0 spiro atoms. The van der Waals surface area contributed by atoms with Crippen molar-refractivity contribution in [3.63, 3.8) is 0 Å². The molecule has 0 aliphatic rings. The molecule has 0 saturated heterocycles. The van der Waals surface area contributed by atoms with Crippen LogP contribution < -0.4 is 4.90 Å². The van der Waals surface area contributed by atoms with Gasteiger partial charge in [-0.15, -0.1) is 0 Å². The van der Waals surface area contributed by atoms with Gasteiger partial charge in [0.25, 0.3) is 0 Å². The summed E-state index contributed by atoms with van der Waals surface area (Å²) in [4.78, 5) is 13.9. The van der Waals surface area contributed by atoms with Crippen molar-refractivity contribution < 1.29 is 4.39 Å². The Hall–Kier alpha value is -1.75. The Kier molecular flexibility index (Phi) is 3.19. The second-order valence-electron chi connectivity index (χ2n) is 3.63. The fourth-order valence-corrected chi connectivity index (χ4v) is 1.42. The summed E-state index contributed by atoms with van der Waals surface area (Å²) in [5.74, 6) is 0.583. The van der Waals surface area contributed by atoms with Gasteiger partial charge in [-0.05, 0) is 35.9 Å². The van der Waals surface area contributed by atoms with E-state index < -0.39 is 0 Å². The Morgan fingerprint density at radius 2 is 1.71 bits per heavy atom. The van der Waals surface area contributed by atoms with Crippen LogP contribution in [0.15, 0.2) is 24.3 Å². The van der Waals surface area contributed by atoms with Gasteiger partial charge in [0, 0.05) is 19.7 Å². The number of hydrogen-bond acceptors (Lipinski definition) is 4. The highest BCUT2D eigenvalue weighted by Gasteiger charge is 2.08. The number of halogens is 2. The molecule has 1 aromatic carbocycles. The molecule has 1 aromatic heterocycles. The first-order valence-electron chi connectivity index (χ1n) is 4.91. The molecule has 0 fully saturated rings. The minimum absolute atomic E-state index is 0.114. The van der Waals surface area contributed by atoms with Crippen molar-refractivity contribution in [2.24, 2.45) is 0 Å². The van der Waals surface area contributed by atoms with Crippen molar-refractivity contribution in [2.75, 3.05) is 19.0 Å². The first kappa shape index (κ1) is 11.7. The van der Waals surface area contributed by atoms with Crippen LogP contribution in [0.25, 0.3) is 11.4 Å². The summed E-state index contributed by atoms with van der Waals surface area (Å²) in [5.41, 5.74) is 0.693. The third kappa shape index (κ3) is 2.68. The Balaban J connectivity index is 2.48. The lowest BCUT2D eigenvalue weighted by Gasteiger charge is -2.10. The zero-order valence-corrected chi connectivity index (χ0v) is 10.1. The Morgan fingerprint density at radius 1 is 1.06 bits per heavy atom. The van der Waals surface area contributed by atoms with E-state index in [1.54, 1.807) is 31.1 Å². The topological polar surface area (TPSA) is 41.9 Å². The molecule has 0 atom stereocenters. The molecular formula is C11H10ClFN4. The molecule has 0 bridgehead atoms. The van der Waals surface area contributed by atoms with E-state index in [0.717, 1.165) is 0 Å². The minimum Gasteiger partial charge on any atom is -0.347 e. The second-order valence-corrected chi connectivity index (χ2v) is 3.97. The highest BCUT2D eigenvalue weighted by molar-refractivity contribution is 6.28. The maximum absolute atomic E-state index is 12.8. The zero-order valence-electron chi connectivity index (χ0n) is 9.35. The van der Waals surface area contributed by atoms with Crippen molar-refractivity contribution in [3.8, 4) is 11.4 Å². The first-order valence-corrected chi connectivity index (χ1v) is 5.29. The van der Waals surface area contributed by atoms with E-state index in [2.05, 4.69) is 15.0 Å². The summed E-state index contributed by atoms with van der Waals surface area (Å²) in [7, 11) is 3.61. The van der Waals surface area contributed by atoms with Crippen LogP contribution in [-0.2, 0) is 0 Å². The van der Waals surface area contributed by atoms with Gasteiger partial charge in [-0.2, -0.15) is 15.0 Å². The first-order chi connectivity index (χ1) is 8.06. The largest absolute Gasteiger partial charge is 0.347 e. The molecule has 0 radical (unpaired) electrons. The van der Waals surface area contributed by atoms with Crippen LogP contribution in [0, 0.1) is 5.82 Å². The van der Waals surface area contributed by atoms with Crippen LogP contribution in [0.5, 0.6) is 0 Å². The van der Waals surface area contributed by atoms with Gasteiger partial charge in [0.05, 0.1) is 0 Å². The van der Waals surface area contributed by atoms with Gasteiger partial charge in [-0.25, -0.2) is 4.39 Å². The molecule has 1 heterocycles. The van der Waals surface area contributed by atoms with Crippen molar-refractivity contribution in [2.45, 2.75) is 0 Å². The molecule has 6 heteroatoms. The summed E-state index contributed by atoms with van der Waals surface area (Å²) >= 11 is 5.81. The van der Waals surface area contributed by atoms with E-state index in [9.17, 15) is 4.39 Å². The van der Waals surface area contributed by atoms with E-state index in [1.165, 1.54) is 12.1 Å². The van der Waals surface area contributed by atoms with Crippen LogP contribution in [0.3, 0.4) is 0 Å². The number of hydrogen-bond donors (Lipinski definition) is 0. The van der Waals surface area contributed by atoms with Gasteiger partial charge >= 0.3 is 0 Å². The highest BCUT2D eigenvalue weighted by Crippen LogP contribution is 2.19. The van der Waals surface area contributed by atoms with Gasteiger partial charge in [0.2, 0.25) is 11.2 Å². The van der Waals surface area contributed by atoms with Crippen molar-refractivity contribution >= 4 is 17.5 Å². The number of nitrogens with zero attached hydrogens (tertiary/aromatic N) is 4. The third-order valence-electron chi connectivity index (χ3n) is 2.10. The summed E-state index contributed by atoms with van der Waals surface area (Å²) in [6.07, 6.45) is 0. The van der Waals surface area contributed by atoms with Crippen molar-refractivity contribution in [1.82, 2.24) is 15.0 Å². The number of rotatable bonds is 2. The van der Waals surface area contributed by atoms with Crippen molar-refractivity contribution in [1.29, 1.82) is 0 Å². The molecule has 4 nitrogen and oxygen atoms in total.